The fourth-order valence-electron chi connectivity index (χ4n) is 3.16. The predicted molar refractivity (Wildman–Crippen MR) is 96.4 cm³/mol. The van der Waals surface area contributed by atoms with Gasteiger partial charge in [0.2, 0.25) is 5.95 Å². The lowest BCUT2D eigenvalue weighted by atomic mass is 9.97. The van der Waals surface area contributed by atoms with Crippen molar-refractivity contribution in [1.82, 2.24) is 30.1 Å². The molecule has 0 radical (unpaired) electrons. The second-order valence-corrected chi connectivity index (χ2v) is 6.58. The van der Waals surface area contributed by atoms with E-state index in [4.69, 9.17) is 9.72 Å². The molecule has 1 N–H and O–H groups in total. The summed E-state index contributed by atoms with van der Waals surface area (Å²) in [5, 5.41) is 7.83. The van der Waals surface area contributed by atoms with E-state index in [1.54, 1.807) is 18.6 Å². The molecule has 1 aliphatic heterocycles. The number of ether oxygens (including phenoxy) is 1. The lowest BCUT2D eigenvalue weighted by Gasteiger charge is -2.26. The van der Waals surface area contributed by atoms with Crippen LogP contribution in [0.25, 0.3) is 33.7 Å². The van der Waals surface area contributed by atoms with Crippen LogP contribution in [0.1, 0.15) is 17.2 Å². The molecule has 5 heterocycles. The van der Waals surface area contributed by atoms with Gasteiger partial charge in [-0.25, -0.2) is 15.0 Å². The molecule has 0 amide bonds. The van der Waals surface area contributed by atoms with Crippen molar-refractivity contribution in [2.75, 3.05) is 13.2 Å². The summed E-state index contributed by atoms with van der Waals surface area (Å²) >= 11 is 0. The summed E-state index contributed by atoms with van der Waals surface area (Å²) in [5.41, 5.74) is 4.71. The maximum Gasteiger partial charge on any atom is 0.213 e. The summed E-state index contributed by atoms with van der Waals surface area (Å²) in [6.07, 6.45) is 5.00. The molecule has 0 unspecified atom stereocenters. The van der Waals surface area contributed by atoms with E-state index < -0.39 is 5.95 Å². The third-order valence-corrected chi connectivity index (χ3v) is 4.62. The fourth-order valence-corrected chi connectivity index (χ4v) is 3.16. The van der Waals surface area contributed by atoms with Gasteiger partial charge in [0.05, 0.1) is 48.2 Å². The van der Waals surface area contributed by atoms with Gasteiger partial charge in [0.15, 0.2) is 0 Å². The number of H-pyrrole nitrogens is 1. The SMILES string of the molecule is Cc1cncc(-c2cc3[nH]ncc3c(-c3cc(C4COC4)cc(F)n3)n2)n1. The number of aryl methyl sites for hydroxylation is 1. The molecule has 5 rings (SSSR count). The van der Waals surface area contributed by atoms with Crippen LogP contribution < -0.4 is 0 Å². The highest BCUT2D eigenvalue weighted by atomic mass is 19.1. The third kappa shape index (κ3) is 2.83. The number of pyridine rings is 2. The minimum atomic E-state index is -0.534. The summed E-state index contributed by atoms with van der Waals surface area (Å²) in [6.45, 7) is 3.06. The zero-order valence-corrected chi connectivity index (χ0v) is 14.5. The van der Waals surface area contributed by atoms with Crippen molar-refractivity contribution in [2.45, 2.75) is 12.8 Å². The van der Waals surface area contributed by atoms with Crippen LogP contribution in [-0.4, -0.2) is 43.3 Å². The zero-order chi connectivity index (χ0) is 18.4. The van der Waals surface area contributed by atoms with Crippen molar-refractivity contribution < 1.29 is 9.13 Å². The molecule has 0 atom stereocenters. The molecule has 1 saturated heterocycles. The van der Waals surface area contributed by atoms with Gasteiger partial charge >= 0.3 is 0 Å². The summed E-state index contributed by atoms with van der Waals surface area (Å²) in [4.78, 5) is 17.5. The van der Waals surface area contributed by atoms with Gasteiger partial charge < -0.3 is 4.74 Å². The average molecular weight is 362 g/mol. The highest BCUT2D eigenvalue weighted by molar-refractivity contribution is 5.93. The van der Waals surface area contributed by atoms with Gasteiger partial charge in [-0.2, -0.15) is 9.49 Å². The van der Waals surface area contributed by atoms with Crippen molar-refractivity contribution in [1.29, 1.82) is 0 Å². The predicted octanol–water partition coefficient (Wildman–Crippen LogP) is 3.04. The number of nitrogens with zero attached hydrogens (tertiary/aromatic N) is 5. The maximum atomic E-state index is 14.2. The van der Waals surface area contributed by atoms with Crippen LogP contribution in [0.3, 0.4) is 0 Å². The van der Waals surface area contributed by atoms with Crippen LogP contribution in [0, 0.1) is 12.9 Å². The lowest BCUT2D eigenvalue weighted by molar-refractivity contribution is 0.00829. The average Bonchev–Trinajstić information content (AvgIpc) is 3.07. The molecule has 0 bridgehead atoms. The highest BCUT2D eigenvalue weighted by Crippen LogP contribution is 2.32. The molecule has 134 valence electrons. The summed E-state index contributed by atoms with van der Waals surface area (Å²) in [6, 6.07) is 5.19. The van der Waals surface area contributed by atoms with E-state index in [1.165, 1.54) is 6.07 Å². The summed E-state index contributed by atoms with van der Waals surface area (Å²) < 4.78 is 19.4. The van der Waals surface area contributed by atoms with Crippen molar-refractivity contribution in [2.24, 2.45) is 0 Å². The first-order valence-corrected chi connectivity index (χ1v) is 8.56. The maximum absolute atomic E-state index is 14.2. The number of halogens is 1. The molecule has 27 heavy (non-hydrogen) atoms. The van der Waals surface area contributed by atoms with Crippen LogP contribution >= 0.6 is 0 Å². The van der Waals surface area contributed by atoms with Crippen LogP contribution in [0.4, 0.5) is 4.39 Å². The Bertz CT molecular complexity index is 1150. The first-order chi connectivity index (χ1) is 13.2. The minimum absolute atomic E-state index is 0.187. The molecule has 1 fully saturated rings. The van der Waals surface area contributed by atoms with E-state index in [0.29, 0.717) is 36.0 Å². The largest absolute Gasteiger partial charge is 0.380 e. The Balaban J connectivity index is 1.71. The van der Waals surface area contributed by atoms with E-state index in [9.17, 15) is 4.39 Å². The van der Waals surface area contributed by atoms with E-state index >= 15 is 0 Å². The third-order valence-electron chi connectivity index (χ3n) is 4.62. The van der Waals surface area contributed by atoms with Crippen LogP contribution in [0.15, 0.2) is 36.8 Å². The quantitative estimate of drug-likeness (QED) is 0.564. The van der Waals surface area contributed by atoms with Gasteiger partial charge in [0, 0.05) is 17.5 Å². The van der Waals surface area contributed by atoms with Gasteiger partial charge in [-0.05, 0) is 30.7 Å². The Morgan fingerprint density at radius 3 is 2.67 bits per heavy atom. The van der Waals surface area contributed by atoms with Gasteiger partial charge in [-0.3, -0.25) is 10.1 Å². The van der Waals surface area contributed by atoms with Crippen LogP contribution in [0.2, 0.25) is 0 Å². The summed E-state index contributed by atoms with van der Waals surface area (Å²) in [7, 11) is 0. The Morgan fingerprint density at radius 1 is 1.00 bits per heavy atom. The first-order valence-electron chi connectivity index (χ1n) is 8.56. The number of nitrogens with one attached hydrogen (secondary N) is 1. The molecular formula is C19H15FN6O. The van der Waals surface area contributed by atoms with E-state index in [-0.39, 0.29) is 5.92 Å². The van der Waals surface area contributed by atoms with Gasteiger partial charge in [0.25, 0.3) is 0 Å². The highest BCUT2D eigenvalue weighted by Gasteiger charge is 2.23. The number of hydrogen-bond acceptors (Lipinski definition) is 6. The monoisotopic (exact) mass is 362 g/mol. The van der Waals surface area contributed by atoms with Crippen molar-refractivity contribution in [3.63, 3.8) is 0 Å². The minimum Gasteiger partial charge on any atom is -0.380 e. The molecule has 4 aromatic rings. The Morgan fingerprint density at radius 2 is 1.89 bits per heavy atom. The molecule has 0 aromatic carbocycles. The number of aromatic amines is 1. The topological polar surface area (TPSA) is 89.5 Å². The van der Waals surface area contributed by atoms with Gasteiger partial charge in [-0.15, -0.1) is 0 Å². The van der Waals surface area contributed by atoms with Crippen LogP contribution in [-0.2, 0) is 4.74 Å². The van der Waals surface area contributed by atoms with Crippen molar-refractivity contribution in [3.05, 3.63) is 54.0 Å². The van der Waals surface area contributed by atoms with Crippen molar-refractivity contribution >= 4 is 10.9 Å². The second-order valence-electron chi connectivity index (χ2n) is 6.58. The second kappa shape index (κ2) is 6.17. The molecular weight excluding hydrogens is 347 g/mol. The number of rotatable bonds is 3. The number of fused-ring (bicyclic) bond motifs is 1. The van der Waals surface area contributed by atoms with E-state index in [0.717, 1.165) is 22.2 Å². The van der Waals surface area contributed by atoms with Crippen molar-refractivity contribution in [3.8, 4) is 22.8 Å². The summed E-state index contributed by atoms with van der Waals surface area (Å²) in [5.74, 6) is -0.347. The number of hydrogen-bond donors (Lipinski definition) is 1. The standard InChI is InChI=1S/C19H15FN6O/c1-10-5-21-7-17(23-10)15-4-14-13(6-22-26-14)19(25-15)16-2-11(3-18(20)24-16)12-8-27-9-12/h2-7,12H,8-9H2,1H3,(H,22,26). The van der Waals surface area contributed by atoms with Gasteiger partial charge in [0.1, 0.15) is 11.4 Å². The molecule has 4 aromatic heterocycles. The first kappa shape index (κ1) is 16.0. The smallest absolute Gasteiger partial charge is 0.213 e. The normalized spacial score (nSPS) is 14.4. The molecule has 8 heteroatoms. The fraction of sp³-hybridized carbons (Fsp3) is 0.211. The Hall–Kier alpha value is -3.26. The van der Waals surface area contributed by atoms with Crippen LogP contribution in [0.5, 0.6) is 0 Å². The number of aromatic nitrogens is 6. The zero-order valence-electron chi connectivity index (χ0n) is 14.5. The van der Waals surface area contributed by atoms with E-state index in [1.807, 2.05) is 19.1 Å². The Labute approximate surface area is 153 Å². The van der Waals surface area contributed by atoms with E-state index in [2.05, 4.69) is 25.1 Å². The lowest BCUT2D eigenvalue weighted by Crippen LogP contribution is -2.25. The molecule has 0 spiro atoms. The molecule has 7 nitrogen and oxygen atoms in total. The molecule has 0 saturated carbocycles. The van der Waals surface area contributed by atoms with Gasteiger partial charge in [-0.1, -0.05) is 0 Å². The Kier molecular flexibility index (Phi) is 3.64. The molecule has 1 aliphatic rings. The molecule has 0 aliphatic carbocycles.